The number of hydrogen-bond donors (Lipinski definition) is 0. The van der Waals surface area contributed by atoms with Gasteiger partial charge in [-0.2, -0.15) is 0 Å². The van der Waals surface area contributed by atoms with Gasteiger partial charge in [0.2, 0.25) is 0 Å². The van der Waals surface area contributed by atoms with Gasteiger partial charge in [-0.1, -0.05) is 20.8 Å². The minimum Gasteiger partial charge on any atom is -0.454 e. The molecule has 0 aliphatic carbocycles. The van der Waals surface area contributed by atoms with Crippen molar-refractivity contribution >= 4 is 11.8 Å². The van der Waals surface area contributed by atoms with Gasteiger partial charge < -0.3 is 4.74 Å². The van der Waals surface area contributed by atoms with E-state index in [-0.39, 0.29) is 11.8 Å². The van der Waals surface area contributed by atoms with E-state index in [0.717, 1.165) is 0 Å². The van der Waals surface area contributed by atoms with E-state index in [0.29, 0.717) is 19.3 Å². The predicted molar refractivity (Wildman–Crippen MR) is 45.8 cm³/mol. The summed E-state index contributed by atoms with van der Waals surface area (Å²) < 4.78 is 4.73. The van der Waals surface area contributed by atoms with Crippen LogP contribution in [-0.4, -0.2) is 17.9 Å². The summed E-state index contributed by atoms with van der Waals surface area (Å²) in [5.74, 6) is -0.211. The Morgan fingerprint density at radius 2 is 2.17 bits per heavy atom. The van der Waals surface area contributed by atoms with Crippen LogP contribution in [0, 0.1) is 0 Å². The van der Waals surface area contributed by atoms with Gasteiger partial charge in [-0.05, 0) is 0 Å². The fourth-order valence-corrected chi connectivity index (χ4v) is 0.980. The van der Waals surface area contributed by atoms with Gasteiger partial charge in [0.25, 0.3) is 0 Å². The van der Waals surface area contributed by atoms with Crippen LogP contribution in [0.5, 0.6) is 0 Å². The van der Waals surface area contributed by atoms with Crippen LogP contribution >= 0.6 is 0 Å². The van der Waals surface area contributed by atoms with E-state index in [4.69, 9.17) is 4.74 Å². The summed E-state index contributed by atoms with van der Waals surface area (Å²) in [5, 5.41) is 0. The predicted octanol–water partition coefficient (Wildman–Crippen LogP) is 1.70. The van der Waals surface area contributed by atoms with Crippen molar-refractivity contribution in [1.29, 1.82) is 0 Å². The lowest BCUT2D eigenvalue weighted by atomic mass is 10.1. The van der Waals surface area contributed by atoms with Gasteiger partial charge in [0.1, 0.15) is 0 Å². The fraction of sp³-hybridized carbons (Fsp3) is 0.778. The lowest BCUT2D eigenvalue weighted by molar-refractivity contribution is -0.147. The van der Waals surface area contributed by atoms with Gasteiger partial charge in [0.15, 0.2) is 11.9 Å². The SMILES string of the molecule is CC.CCC(=O)C1CCC(=O)O1. The van der Waals surface area contributed by atoms with E-state index in [1.54, 1.807) is 6.92 Å². The zero-order valence-corrected chi connectivity index (χ0v) is 7.92. The first-order valence-corrected chi connectivity index (χ1v) is 4.46. The largest absolute Gasteiger partial charge is 0.454 e. The Morgan fingerprint density at radius 3 is 2.50 bits per heavy atom. The summed E-state index contributed by atoms with van der Waals surface area (Å²) in [7, 11) is 0. The maximum Gasteiger partial charge on any atom is 0.306 e. The molecule has 1 aliphatic heterocycles. The third-order valence-corrected chi connectivity index (χ3v) is 1.59. The van der Waals surface area contributed by atoms with Crippen LogP contribution in [0.15, 0.2) is 0 Å². The Hall–Kier alpha value is -0.860. The highest BCUT2D eigenvalue weighted by atomic mass is 16.6. The molecule has 0 aromatic rings. The van der Waals surface area contributed by atoms with Gasteiger partial charge in [0, 0.05) is 19.3 Å². The zero-order chi connectivity index (χ0) is 9.56. The third-order valence-electron chi connectivity index (χ3n) is 1.59. The summed E-state index contributed by atoms with van der Waals surface area (Å²) in [5.41, 5.74) is 0. The highest BCUT2D eigenvalue weighted by Crippen LogP contribution is 2.15. The molecular formula is C9H16O3. The molecule has 0 aromatic heterocycles. The van der Waals surface area contributed by atoms with Crippen LogP contribution in [0.1, 0.15) is 40.0 Å². The van der Waals surface area contributed by atoms with E-state index < -0.39 is 6.10 Å². The number of carbonyl (C=O) groups is 2. The number of Topliss-reactive ketones (excluding diaryl/α,β-unsaturated/α-hetero) is 1. The molecule has 0 radical (unpaired) electrons. The molecule has 12 heavy (non-hydrogen) atoms. The van der Waals surface area contributed by atoms with E-state index in [1.807, 2.05) is 13.8 Å². The molecule has 0 spiro atoms. The Labute approximate surface area is 73.1 Å². The van der Waals surface area contributed by atoms with Gasteiger partial charge >= 0.3 is 5.97 Å². The standard InChI is InChI=1S/C7H10O3.C2H6/c1-2-5(8)6-3-4-7(9)10-6;1-2/h6H,2-4H2,1H3;1-2H3. The van der Waals surface area contributed by atoms with Crippen molar-refractivity contribution in [3.05, 3.63) is 0 Å². The van der Waals surface area contributed by atoms with Crippen molar-refractivity contribution in [2.75, 3.05) is 0 Å². The number of rotatable bonds is 2. The number of hydrogen-bond acceptors (Lipinski definition) is 3. The lowest BCUT2D eigenvalue weighted by Gasteiger charge is -2.03. The molecule has 1 heterocycles. The number of carbonyl (C=O) groups excluding carboxylic acids is 2. The van der Waals surface area contributed by atoms with Crippen molar-refractivity contribution in [2.45, 2.75) is 46.1 Å². The molecule has 0 aromatic carbocycles. The van der Waals surface area contributed by atoms with Gasteiger partial charge in [0.05, 0.1) is 0 Å². The van der Waals surface area contributed by atoms with Crippen LogP contribution in [0.3, 0.4) is 0 Å². The number of cyclic esters (lactones) is 1. The molecule has 0 N–H and O–H groups in total. The molecule has 0 amide bonds. The van der Waals surface area contributed by atoms with Crippen LogP contribution in [0.2, 0.25) is 0 Å². The summed E-state index contributed by atoms with van der Waals surface area (Å²) >= 11 is 0. The van der Waals surface area contributed by atoms with Crippen molar-refractivity contribution in [3.63, 3.8) is 0 Å². The second-order valence-corrected chi connectivity index (χ2v) is 2.34. The molecule has 3 heteroatoms. The Morgan fingerprint density at radius 1 is 1.58 bits per heavy atom. The summed E-state index contributed by atoms with van der Waals surface area (Å²) in [6, 6.07) is 0. The average molecular weight is 172 g/mol. The molecule has 1 aliphatic rings. The van der Waals surface area contributed by atoms with E-state index in [2.05, 4.69) is 0 Å². The van der Waals surface area contributed by atoms with Gasteiger partial charge in [-0.25, -0.2) is 0 Å². The molecular weight excluding hydrogens is 156 g/mol. The maximum absolute atomic E-state index is 10.9. The minimum atomic E-state index is -0.433. The minimum absolute atomic E-state index is 0.0332. The molecule has 1 unspecified atom stereocenters. The highest BCUT2D eigenvalue weighted by Gasteiger charge is 2.27. The second kappa shape index (κ2) is 5.75. The quantitative estimate of drug-likeness (QED) is 0.595. The van der Waals surface area contributed by atoms with Crippen LogP contribution in [0.4, 0.5) is 0 Å². The number of ketones is 1. The summed E-state index contributed by atoms with van der Waals surface area (Å²) in [6.45, 7) is 5.77. The fourth-order valence-electron chi connectivity index (χ4n) is 0.980. The Kier molecular flexibility index (Phi) is 5.34. The van der Waals surface area contributed by atoms with E-state index in [1.165, 1.54) is 0 Å². The van der Waals surface area contributed by atoms with Gasteiger partial charge in [-0.3, -0.25) is 9.59 Å². The zero-order valence-electron chi connectivity index (χ0n) is 7.92. The van der Waals surface area contributed by atoms with Crippen molar-refractivity contribution in [3.8, 4) is 0 Å². The topological polar surface area (TPSA) is 43.4 Å². The maximum atomic E-state index is 10.9. The summed E-state index contributed by atoms with van der Waals surface area (Å²) in [4.78, 5) is 21.4. The highest BCUT2D eigenvalue weighted by molar-refractivity contribution is 5.87. The smallest absolute Gasteiger partial charge is 0.306 e. The van der Waals surface area contributed by atoms with E-state index in [9.17, 15) is 9.59 Å². The van der Waals surface area contributed by atoms with Crippen molar-refractivity contribution in [2.24, 2.45) is 0 Å². The summed E-state index contributed by atoms with van der Waals surface area (Å²) in [6.07, 6.45) is 0.998. The lowest BCUT2D eigenvalue weighted by Crippen LogP contribution is -2.18. The van der Waals surface area contributed by atoms with Crippen molar-refractivity contribution < 1.29 is 14.3 Å². The van der Waals surface area contributed by atoms with Crippen LogP contribution in [-0.2, 0) is 14.3 Å². The van der Waals surface area contributed by atoms with Gasteiger partial charge in [-0.15, -0.1) is 0 Å². The average Bonchev–Trinajstić information content (AvgIpc) is 2.54. The number of ether oxygens (including phenoxy) is 1. The molecule has 3 nitrogen and oxygen atoms in total. The third kappa shape index (κ3) is 3.03. The molecule has 1 fully saturated rings. The first-order valence-electron chi connectivity index (χ1n) is 4.46. The molecule has 1 atom stereocenters. The van der Waals surface area contributed by atoms with E-state index >= 15 is 0 Å². The molecule has 0 bridgehead atoms. The van der Waals surface area contributed by atoms with Crippen molar-refractivity contribution in [1.82, 2.24) is 0 Å². The first kappa shape index (κ1) is 11.1. The second-order valence-electron chi connectivity index (χ2n) is 2.34. The molecule has 70 valence electrons. The normalized spacial score (nSPS) is 20.9. The molecule has 1 rings (SSSR count). The first-order chi connectivity index (χ1) is 5.74. The molecule has 0 saturated carbocycles. The Balaban J connectivity index is 0.000000561. The molecule has 1 saturated heterocycles. The monoisotopic (exact) mass is 172 g/mol. The Bertz CT molecular complexity index is 163. The van der Waals surface area contributed by atoms with Crippen LogP contribution in [0.25, 0.3) is 0 Å². The van der Waals surface area contributed by atoms with Crippen LogP contribution < -0.4 is 0 Å². The number of esters is 1.